The van der Waals surface area contributed by atoms with Gasteiger partial charge in [-0.25, -0.2) is 0 Å². The van der Waals surface area contributed by atoms with E-state index in [-0.39, 0.29) is 11.7 Å². The van der Waals surface area contributed by atoms with Gasteiger partial charge in [-0.15, -0.1) is 11.8 Å². The van der Waals surface area contributed by atoms with Crippen LogP contribution in [0.4, 0.5) is 0 Å². The van der Waals surface area contributed by atoms with Crippen LogP contribution in [0.5, 0.6) is 11.5 Å². The van der Waals surface area contributed by atoms with E-state index < -0.39 is 0 Å². The van der Waals surface area contributed by atoms with Crippen molar-refractivity contribution in [3.8, 4) is 11.5 Å². The largest absolute Gasteiger partial charge is 0.508 e. The summed E-state index contributed by atoms with van der Waals surface area (Å²) in [7, 11) is 0. The van der Waals surface area contributed by atoms with Crippen molar-refractivity contribution in [2.45, 2.75) is 11.8 Å². The van der Waals surface area contributed by atoms with Crippen LogP contribution in [-0.4, -0.2) is 16.8 Å². The number of benzene rings is 1. The van der Waals surface area contributed by atoms with Crippen LogP contribution in [0.25, 0.3) is 0 Å². The van der Waals surface area contributed by atoms with Gasteiger partial charge >= 0.3 is 5.97 Å². The monoisotopic (exact) mass is 196 g/mol. The molecule has 0 fully saturated rings. The number of carbonyl (C=O) groups excluding carboxylic acids is 1. The van der Waals surface area contributed by atoms with Crippen LogP contribution in [0.1, 0.15) is 5.56 Å². The molecule has 1 aromatic rings. The SMILES string of the molecule is Cc1cc2c(cc1O)SCC(=O)O2. The van der Waals surface area contributed by atoms with E-state index in [4.69, 9.17) is 4.74 Å². The lowest BCUT2D eigenvalue weighted by molar-refractivity contribution is -0.131. The zero-order valence-electron chi connectivity index (χ0n) is 7.03. The molecule has 68 valence electrons. The smallest absolute Gasteiger partial charge is 0.321 e. The van der Waals surface area contributed by atoms with Crippen LogP contribution in [0.2, 0.25) is 0 Å². The second-order valence-electron chi connectivity index (χ2n) is 2.85. The lowest BCUT2D eigenvalue weighted by Crippen LogP contribution is -2.15. The zero-order valence-corrected chi connectivity index (χ0v) is 7.85. The van der Waals surface area contributed by atoms with E-state index in [1.807, 2.05) is 0 Å². The van der Waals surface area contributed by atoms with Gasteiger partial charge in [0.25, 0.3) is 0 Å². The Balaban J connectivity index is 2.49. The van der Waals surface area contributed by atoms with Gasteiger partial charge in [0.1, 0.15) is 11.5 Å². The van der Waals surface area contributed by atoms with Gasteiger partial charge in [0.15, 0.2) is 0 Å². The fraction of sp³-hybridized carbons (Fsp3) is 0.222. The maximum Gasteiger partial charge on any atom is 0.321 e. The van der Waals surface area contributed by atoms with E-state index in [0.29, 0.717) is 17.1 Å². The van der Waals surface area contributed by atoms with Crippen molar-refractivity contribution in [2.75, 3.05) is 5.75 Å². The van der Waals surface area contributed by atoms with Crippen molar-refractivity contribution in [3.05, 3.63) is 17.7 Å². The molecule has 0 radical (unpaired) electrons. The van der Waals surface area contributed by atoms with Crippen molar-refractivity contribution in [3.63, 3.8) is 0 Å². The number of hydrogen-bond acceptors (Lipinski definition) is 4. The molecule has 0 aromatic heterocycles. The Kier molecular flexibility index (Phi) is 1.92. The first-order valence-electron chi connectivity index (χ1n) is 3.84. The minimum Gasteiger partial charge on any atom is -0.508 e. The molecule has 1 heterocycles. The number of rotatable bonds is 0. The Morgan fingerprint density at radius 1 is 1.54 bits per heavy atom. The van der Waals surface area contributed by atoms with E-state index in [2.05, 4.69) is 0 Å². The molecule has 0 bridgehead atoms. The van der Waals surface area contributed by atoms with Crippen molar-refractivity contribution in [2.24, 2.45) is 0 Å². The van der Waals surface area contributed by atoms with Crippen LogP contribution in [0.15, 0.2) is 17.0 Å². The number of phenols is 1. The molecule has 0 amide bonds. The third kappa shape index (κ3) is 1.49. The number of phenolic OH excluding ortho intramolecular Hbond substituents is 1. The minimum absolute atomic E-state index is 0.234. The summed E-state index contributed by atoms with van der Waals surface area (Å²) in [6.45, 7) is 1.77. The fourth-order valence-electron chi connectivity index (χ4n) is 1.13. The Morgan fingerprint density at radius 3 is 3.08 bits per heavy atom. The molecule has 4 heteroatoms. The molecular weight excluding hydrogens is 188 g/mol. The van der Waals surface area contributed by atoms with Gasteiger partial charge in [-0.05, 0) is 24.6 Å². The molecule has 1 aromatic carbocycles. The lowest BCUT2D eigenvalue weighted by Gasteiger charge is -2.15. The number of esters is 1. The summed E-state index contributed by atoms with van der Waals surface area (Å²) in [6, 6.07) is 3.30. The van der Waals surface area contributed by atoms with Gasteiger partial charge in [-0.3, -0.25) is 4.79 Å². The number of carbonyl (C=O) groups is 1. The van der Waals surface area contributed by atoms with Gasteiger partial charge in [-0.2, -0.15) is 0 Å². The molecule has 0 spiro atoms. The van der Waals surface area contributed by atoms with E-state index >= 15 is 0 Å². The molecule has 0 atom stereocenters. The van der Waals surface area contributed by atoms with Crippen molar-refractivity contribution >= 4 is 17.7 Å². The average molecular weight is 196 g/mol. The zero-order chi connectivity index (χ0) is 9.42. The molecule has 1 aliphatic rings. The molecule has 3 nitrogen and oxygen atoms in total. The fourth-order valence-corrected chi connectivity index (χ4v) is 1.90. The first kappa shape index (κ1) is 8.44. The summed E-state index contributed by atoms with van der Waals surface area (Å²) in [6.07, 6.45) is 0. The van der Waals surface area contributed by atoms with Crippen molar-refractivity contribution < 1.29 is 14.6 Å². The molecular formula is C9H8O3S. The third-order valence-corrected chi connectivity index (χ3v) is 2.84. The molecule has 0 saturated carbocycles. The first-order valence-corrected chi connectivity index (χ1v) is 4.82. The van der Waals surface area contributed by atoms with E-state index in [1.54, 1.807) is 19.1 Å². The summed E-state index contributed by atoms with van der Waals surface area (Å²) in [5.41, 5.74) is 0.717. The number of fused-ring (bicyclic) bond motifs is 1. The Bertz CT molecular complexity index is 373. The maximum absolute atomic E-state index is 10.9. The van der Waals surface area contributed by atoms with Crippen LogP contribution in [-0.2, 0) is 4.79 Å². The van der Waals surface area contributed by atoms with Gasteiger partial charge in [0.05, 0.1) is 10.6 Å². The quantitative estimate of drug-likeness (QED) is 0.507. The van der Waals surface area contributed by atoms with Crippen molar-refractivity contribution in [1.82, 2.24) is 0 Å². The van der Waals surface area contributed by atoms with Crippen molar-refractivity contribution in [1.29, 1.82) is 0 Å². The minimum atomic E-state index is -0.234. The molecule has 0 unspecified atom stereocenters. The highest BCUT2D eigenvalue weighted by Gasteiger charge is 2.18. The van der Waals surface area contributed by atoms with E-state index in [9.17, 15) is 9.90 Å². The van der Waals surface area contributed by atoms with Crippen LogP contribution in [0.3, 0.4) is 0 Å². The van der Waals surface area contributed by atoms with Gasteiger partial charge in [0.2, 0.25) is 0 Å². The summed E-state index contributed by atoms with van der Waals surface area (Å²) in [5.74, 6) is 0.874. The summed E-state index contributed by atoms with van der Waals surface area (Å²) < 4.78 is 5.00. The van der Waals surface area contributed by atoms with E-state index in [0.717, 1.165) is 4.90 Å². The Morgan fingerprint density at radius 2 is 2.31 bits per heavy atom. The number of aryl methyl sites for hydroxylation is 1. The molecule has 0 aliphatic carbocycles. The van der Waals surface area contributed by atoms with Gasteiger partial charge < -0.3 is 9.84 Å². The molecule has 1 aliphatic heterocycles. The molecule has 2 rings (SSSR count). The highest BCUT2D eigenvalue weighted by atomic mass is 32.2. The third-order valence-electron chi connectivity index (χ3n) is 1.83. The van der Waals surface area contributed by atoms with Gasteiger partial charge in [-0.1, -0.05) is 0 Å². The summed E-state index contributed by atoms with van der Waals surface area (Å²) in [4.78, 5) is 11.7. The number of thioether (sulfide) groups is 1. The highest BCUT2D eigenvalue weighted by Crippen LogP contribution is 2.37. The lowest BCUT2D eigenvalue weighted by atomic mass is 10.2. The second-order valence-corrected chi connectivity index (χ2v) is 3.87. The maximum atomic E-state index is 10.9. The average Bonchev–Trinajstić information content (AvgIpc) is 2.08. The summed E-state index contributed by atoms with van der Waals surface area (Å²) in [5, 5.41) is 9.39. The van der Waals surface area contributed by atoms with Crippen LogP contribution in [0, 0.1) is 6.92 Å². The standard InChI is InChI=1S/C9H8O3S/c1-5-2-7-8(3-6(5)10)13-4-9(11)12-7/h2-3,10H,4H2,1H3. The summed E-state index contributed by atoms with van der Waals surface area (Å²) >= 11 is 1.39. The second kappa shape index (κ2) is 2.96. The Hall–Kier alpha value is -1.16. The van der Waals surface area contributed by atoms with E-state index in [1.165, 1.54) is 11.8 Å². The van der Waals surface area contributed by atoms with Crippen LogP contribution < -0.4 is 4.74 Å². The van der Waals surface area contributed by atoms with Crippen LogP contribution >= 0.6 is 11.8 Å². The number of hydrogen-bond donors (Lipinski definition) is 1. The molecule has 13 heavy (non-hydrogen) atoms. The molecule has 1 N–H and O–H groups in total. The molecule has 0 saturated heterocycles. The first-order chi connectivity index (χ1) is 6.16. The normalized spacial score (nSPS) is 15.0. The van der Waals surface area contributed by atoms with Gasteiger partial charge in [0, 0.05) is 0 Å². The highest BCUT2D eigenvalue weighted by molar-refractivity contribution is 8.00. The predicted molar refractivity (Wildman–Crippen MR) is 49.2 cm³/mol. The number of aromatic hydroxyl groups is 1. The Labute approximate surface area is 79.7 Å². The number of ether oxygens (including phenoxy) is 1. The topological polar surface area (TPSA) is 46.5 Å². The predicted octanol–water partition coefficient (Wildman–Crippen LogP) is 1.71.